The van der Waals surface area contributed by atoms with Gasteiger partial charge in [-0.2, -0.15) is 0 Å². The van der Waals surface area contributed by atoms with Crippen LogP contribution in [0.25, 0.3) is 11.2 Å². The number of carbonyl (C=O) groups excluding carboxylic acids is 1. The summed E-state index contributed by atoms with van der Waals surface area (Å²) in [5.74, 6) is 1.56. The number of carbonyl (C=O) groups is 1. The number of methoxy groups -OCH3 is 1. The number of pyridine rings is 1. The minimum absolute atomic E-state index is 0. The SMILES string of the molecule is C.CCCCN(CCC)C(=O)c1ccc2nc(Nc3ccc(OC)cc3)n(CCCN3CCCCC3)c2n1. The highest BCUT2D eigenvalue weighted by Crippen LogP contribution is 2.25. The topological polar surface area (TPSA) is 75.5 Å². The predicted molar refractivity (Wildman–Crippen MR) is 157 cm³/mol. The third-order valence-electron chi connectivity index (χ3n) is 7.02. The molecule has 4 rings (SSSR count). The highest BCUT2D eigenvalue weighted by atomic mass is 16.5. The predicted octanol–water partition coefficient (Wildman–Crippen LogP) is 6.35. The van der Waals surface area contributed by atoms with Gasteiger partial charge in [0.2, 0.25) is 5.95 Å². The Morgan fingerprint density at radius 1 is 0.947 bits per heavy atom. The number of unbranched alkanes of at least 4 members (excludes halogenated alkanes) is 1. The van der Waals surface area contributed by atoms with Crippen LogP contribution in [0, 0.1) is 0 Å². The number of hydrogen-bond donors (Lipinski definition) is 1. The summed E-state index contributed by atoms with van der Waals surface area (Å²) in [6, 6.07) is 11.6. The summed E-state index contributed by atoms with van der Waals surface area (Å²) in [4.78, 5) is 27.6. The first-order valence-electron chi connectivity index (χ1n) is 13.9. The van der Waals surface area contributed by atoms with Gasteiger partial charge in [0, 0.05) is 25.3 Å². The normalized spacial score (nSPS) is 13.8. The Kier molecular flexibility index (Phi) is 11.4. The van der Waals surface area contributed by atoms with Gasteiger partial charge in [-0.15, -0.1) is 0 Å². The second-order valence-corrected chi connectivity index (χ2v) is 9.88. The molecular weight excluding hydrogens is 476 g/mol. The van der Waals surface area contributed by atoms with Gasteiger partial charge in [0.25, 0.3) is 5.91 Å². The average molecular weight is 523 g/mol. The van der Waals surface area contributed by atoms with E-state index >= 15 is 0 Å². The van der Waals surface area contributed by atoms with E-state index in [0.29, 0.717) is 5.69 Å². The number of aryl methyl sites for hydroxylation is 1. The molecule has 1 aliphatic heterocycles. The Morgan fingerprint density at radius 2 is 1.71 bits per heavy atom. The lowest BCUT2D eigenvalue weighted by molar-refractivity contribution is 0.0747. The lowest BCUT2D eigenvalue weighted by Crippen LogP contribution is -2.33. The fourth-order valence-corrected chi connectivity index (χ4v) is 4.96. The van der Waals surface area contributed by atoms with Crippen LogP contribution in [0.15, 0.2) is 36.4 Å². The Balaban J connectivity index is 0.00000400. The molecular formula is C30H46N6O2. The molecule has 208 valence electrons. The lowest BCUT2D eigenvalue weighted by Gasteiger charge is -2.26. The molecule has 0 radical (unpaired) electrons. The van der Waals surface area contributed by atoms with E-state index in [1.807, 2.05) is 41.3 Å². The van der Waals surface area contributed by atoms with E-state index in [2.05, 4.69) is 28.6 Å². The zero-order valence-electron chi connectivity index (χ0n) is 22.7. The highest BCUT2D eigenvalue weighted by molar-refractivity contribution is 5.94. The number of aromatic nitrogens is 3. The maximum Gasteiger partial charge on any atom is 0.272 e. The molecule has 8 heteroatoms. The van der Waals surface area contributed by atoms with Gasteiger partial charge < -0.3 is 19.9 Å². The zero-order valence-corrected chi connectivity index (χ0v) is 22.7. The van der Waals surface area contributed by atoms with E-state index < -0.39 is 0 Å². The molecule has 0 spiro atoms. The zero-order chi connectivity index (χ0) is 26.0. The van der Waals surface area contributed by atoms with E-state index in [-0.39, 0.29) is 13.3 Å². The van der Waals surface area contributed by atoms with Gasteiger partial charge in [0.05, 0.1) is 7.11 Å². The van der Waals surface area contributed by atoms with Crippen LogP contribution in [-0.2, 0) is 6.54 Å². The molecule has 1 saturated heterocycles. The number of hydrogen-bond acceptors (Lipinski definition) is 6. The van der Waals surface area contributed by atoms with Crippen LogP contribution in [0.5, 0.6) is 5.75 Å². The van der Waals surface area contributed by atoms with Crippen LogP contribution >= 0.6 is 0 Å². The Morgan fingerprint density at radius 3 is 2.39 bits per heavy atom. The smallest absolute Gasteiger partial charge is 0.272 e. The lowest BCUT2D eigenvalue weighted by atomic mass is 10.1. The van der Waals surface area contributed by atoms with Crippen molar-refractivity contribution in [2.75, 3.05) is 45.2 Å². The third-order valence-corrected chi connectivity index (χ3v) is 7.02. The van der Waals surface area contributed by atoms with E-state index in [4.69, 9.17) is 14.7 Å². The van der Waals surface area contributed by atoms with E-state index in [1.165, 1.54) is 32.4 Å². The van der Waals surface area contributed by atoms with Crippen molar-refractivity contribution in [2.24, 2.45) is 0 Å². The molecule has 0 atom stereocenters. The molecule has 0 aliphatic carbocycles. The number of likely N-dealkylation sites (tertiary alicyclic amines) is 1. The summed E-state index contributed by atoms with van der Waals surface area (Å²) < 4.78 is 7.43. The van der Waals surface area contributed by atoms with Crippen molar-refractivity contribution in [3.05, 3.63) is 42.1 Å². The molecule has 3 aromatic rings. The number of anilines is 2. The molecule has 0 saturated carbocycles. The maximum atomic E-state index is 13.4. The Hall–Kier alpha value is -3.13. The van der Waals surface area contributed by atoms with Crippen molar-refractivity contribution < 1.29 is 9.53 Å². The van der Waals surface area contributed by atoms with Gasteiger partial charge in [-0.05, 0) is 88.1 Å². The monoisotopic (exact) mass is 522 g/mol. The molecule has 0 bridgehead atoms. The van der Waals surface area contributed by atoms with Gasteiger partial charge in [-0.1, -0.05) is 34.1 Å². The minimum Gasteiger partial charge on any atom is -0.497 e. The number of imidazole rings is 1. The van der Waals surface area contributed by atoms with Crippen molar-refractivity contribution in [1.29, 1.82) is 0 Å². The fourth-order valence-electron chi connectivity index (χ4n) is 4.96. The molecule has 1 amide bonds. The number of fused-ring (bicyclic) bond motifs is 1. The summed E-state index contributed by atoms with van der Waals surface area (Å²) >= 11 is 0. The van der Waals surface area contributed by atoms with E-state index in [1.54, 1.807) is 7.11 Å². The van der Waals surface area contributed by atoms with Gasteiger partial charge >= 0.3 is 0 Å². The Labute approximate surface area is 228 Å². The number of amides is 1. The molecule has 2 aromatic heterocycles. The third kappa shape index (κ3) is 7.47. The van der Waals surface area contributed by atoms with Crippen LogP contribution in [0.1, 0.15) is 76.7 Å². The first-order chi connectivity index (χ1) is 18.1. The number of nitrogens with zero attached hydrogens (tertiary/aromatic N) is 5. The quantitative estimate of drug-likeness (QED) is 0.282. The van der Waals surface area contributed by atoms with Crippen LogP contribution in [-0.4, -0.2) is 70.1 Å². The molecule has 3 heterocycles. The fraction of sp³-hybridized carbons (Fsp3) is 0.567. The summed E-state index contributed by atoms with van der Waals surface area (Å²) in [6.07, 6.45) is 7.91. The van der Waals surface area contributed by atoms with Crippen molar-refractivity contribution >= 4 is 28.7 Å². The summed E-state index contributed by atoms with van der Waals surface area (Å²) in [5.41, 5.74) is 2.97. The van der Waals surface area contributed by atoms with Crippen molar-refractivity contribution in [2.45, 2.75) is 72.8 Å². The highest BCUT2D eigenvalue weighted by Gasteiger charge is 2.20. The molecule has 0 unspecified atom stereocenters. The molecule has 1 aromatic carbocycles. The second-order valence-electron chi connectivity index (χ2n) is 9.88. The van der Waals surface area contributed by atoms with Gasteiger partial charge in [0.1, 0.15) is 17.0 Å². The van der Waals surface area contributed by atoms with Gasteiger partial charge in [-0.25, -0.2) is 9.97 Å². The number of ether oxygens (including phenoxy) is 1. The van der Waals surface area contributed by atoms with Crippen LogP contribution in [0.3, 0.4) is 0 Å². The van der Waals surface area contributed by atoms with Crippen molar-refractivity contribution in [3.63, 3.8) is 0 Å². The molecule has 1 aliphatic rings. The first kappa shape index (κ1) is 29.4. The van der Waals surface area contributed by atoms with Crippen molar-refractivity contribution in [3.8, 4) is 5.75 Å². The van der Waals surface area contributed by atoms with Gasteiger partial charge in [-0.3, -0.25) is 9.36 Å². The van der Waals surface area contributed by atoms with Crippen LogP contribution in [0.4, 0.5) is 11.6 Å². The van der Waals surface area contributed by atoms with Crippen LogP contribution < -0.4 is 10.1 Å². The molecule has 1 fully saturated rings. The largest absolute Gasteiger partial charge is 0.497 e. The van der Waals surface area contributed by atoms with Crippen LogP contribution in [0.2, 0.25) is 0 Å². The van der Waals surface area contributed by atoms with Gasteiger partial charge in [0.15, 0.2) is 5.65 Å². The summed E-state index contributed by atoms with van der Waals surface area (Å²) in [7, 11) is 1.67. The molecule has 38 heavy (non-hydrogen) atoms. The molecule has 1 N–H and O–H groups in total. The standard InChI is InChI=1S/C29H42N6O2.CH4/c1-4-6-21-34(17-5-2)28(36)26-16-15-25-27(31-26)35(22-10-20-33-18-8-7-9-19-33)29(32-25)30-23-11-13-24(37-3)14-12-23;/h11-16H,4-10,17-22H2,1-3H3,(H,30,32);1H4. The summed E-state index contributed by atoms with van der Waals surface area (Å²) in [5, 5.41) is 3.47. The number of benzene rings is 1. The first-order valence-corrected chi connectivity index (χ1v) is 13.9. The Bertz CT molecular complexity index is 1140. The second kappa shape index (κ2) is 14.7. The van der Waals surface area contributed by atoms with Crippen molar-refractivity contribution in [1.82, 2.24) is 24.3 Å². The van der Waals surface area contributed by atoms with E-state index in [9.17, 15) is 4.79 Å². The number of nitrogens with one attached hydrogen (secondary N) is 1. The molecule has 8 nitrogen and oxygen atoms in total. The summed E-state index contributed by atoms with van der Waals surface area (Å²) in [6.45, 7) is 9.98. The average Bonchev–Trinajstić information content (AvgIpc) is 3.27. The number of rotatable bonds is 13. The van der Waals surface area contributed by atoms with E-state index in [0.717, 1.165) is 80.4 Å². The maximum absolute atomic E-state index is 13.4. The minimum atomic E-state index is 0. The number of piperidine rings is 1.